The van der Waals surface area contributed by atoms with Gasteiger partial charge in [-0.2, -0.15) is 0 Å². The molecule has 1 aliphatic rings. The normalized spacial score (nSPS) is 20.1. The van der Waals surface area contributed by atoms with E-state index in [2.05, 4.69) is 6.58 Å². The van der Waals surface area contributed by atoms with Gasteiger partial charge in [-0.15, -0.1) is 0 Å². The van der Waals surface area contributed by atoms with E-state index in [0.29, 0.717) is 0 Å². The van der Waals surface area contributed by atoms with Gasteiger partial charge < -0.3 is 23.7 Å². The maximum absolute atomic E-state index is 13.9. The molecule has 1 saturated heterocycles. The highest BCUT2D eigenvalue weighted by Gasteiger charge is 2.56. The van der Waals surface area contributed by atoms with E-state index in [4.69, 9.17) is 23.7 Å². The number of carbonyl (C=O) groups is 4. The Morgan fingerprint density at radius 2 is 0.940 bits per heavy atom. The summed E-state index contributed by atoms with van der Waals surface area (Å²) in [6.45, 7) is 4.56. The number of sulfone groups is 1. The Balaban J connectivity index is 1.61. The average molecular weight is 699 g/mol. The van der Waals surface area contributed by atoms with Crippen molar-refractivity contribution >= 4 is 33.7 Å². The summed E-state index contributed by atoms with van der Waals surface area (Å²) >= 11 is 0. The van der Waals surface area contributed by atoms with Crippen LogP contribution >= 0.6 is 0 Å². The molecule has 11 nitrogen and oxygen atoms in total. The Labute approximate surface area is 289 Å². The van der Waals surface area contributed by atoms with Crippen molar-refractivity contribution in [2.24, 2.45) is 0 Å². The van der Waals surface area contributed by atoms with E-state index in [1.165, 1.54) is 55.5 Å². The van der Waals surface area contributed by atoms with Crippen molar-refractivity contribution in [3.63, 3.8) is 0 Å². The molecule has 0 amide bonds. The SMILES string of the molecule is C=C(C)CS(=O)(=O)C1OC(COC(=O)c2ccccc2)C(OC(=O)c2ccccc2)C(OC(=O)c2ccccc2)C1OC(=O)c1ccccc1. The first-order chi connectivity index (χ1) is 24.0. The van der Waals surface area contributed by atoms with Gasteiger partial charge in [0, 0.05) is 0 Å². The van der Waals surface area contributed by atoms with Gasteiger partial charge in [0.25, 0.3) is 0 Å². The highest BCUT2D eigenvalue weighted by atomic mass is 32.2. The van der Waals surface area contributed by atoms with Crippen molar-refractivity contribution in [1.82, 2.24) is 0 Å². The van der Waals surface area contributed by atoms with Gasteiger partial charge in [0.05, 0.1) is 28.0 Å². The molecule has 258 valence electrons. The van der Waals surface area contributed by atoms with Crippen molar-refractivity contribution < 1.29 is 51.3 Å². The molecule has 1 fully saturated rings. The van der Waals surface area contributed by atoms with E-state index >= 15 is 0 Å². The number of benzene rings is 4. The molecule has 0 aromatic heterocycles. The van der Waals surface area contributed by atoms with Crippen LogP contribution in [0.2, 0.25) is 0 Å². The number of ether oxygens (including phenoxy) is 5. The van der Waals surface area contributed by atoms with E-state index in [1.807, 2.05) is 0 Å². The fourth-order valence-corrected chi connectivity index (χ4v) is 7.02. The monoisotopic (exact) mass is 698 g/mol. The summed E-state index contributed by atoms with van der Waals surface area (Å²) in [4.78, 5) is 53.7. The molecular weight excluding hydrogens is 664 g/mol. The summed E-state index contributed by atoms with van der Waals surface area (Å²) in [5.74, 6) is -4.16. The Bertz CT molecular complexity index is 1910. The van der Waals surface area contributed by atoms with Gasteiger partial charge in [0.15, 0.2) is 33.6 Å². The lowest BCUT2D eigenvalue weighted by Crippen LogP contribution is -2.64. The molecule has 1 aliphatic heterocycles. The van der Waals surface area contributed by atoms with Crippen LogP contribution in [0.25, 0.3) is 0 Å². The molecule has 0 spiro atoms. The lowest BCUT2D eigenvalue weighted by atomic mass is 9.98. The van der Waals surface area contributed by atoms with Gasteiger partial charge in [0.1, 0.15) is 12.7 Å². The van der Waals surface area contributed by atoms with Crippen LogP contribution in [0, 0.1) is 0 Å². The lowest BCUT2D eigenvalue weighted by molar-refractivity contribution is -0.209. The van der Waals surface area contributed by atoms with Crippen LogP contribution in [0.5, 0.6) is 0 Å². The van der Waals surface area contributed by atoms with Gasteiger partial charge in [-0.05, 0) is 55.5 Å². The fourth-order valence-electron chi connectivity index (χ4n) is 5.24. The Kier molecular flexibility index (Phi) is 11.6. The largest absolute Gasteiger partial charge is 0.459 e. The second-order valence-electron chi connectivity index (χ2n) is 11.5. The molecule has 0 saturated carbocycles. The van der Waals surface area contributed by atoms with E-state index < -0.39 is 75.9 Å². The van der Waals surface area contributed by atoms with Crippen LogP contribution in [-0.2, 0) is 33.5 Å². The smallest absolute Gasteiger partial charge is 0.338 e. The molecule has 5 rings (SSSR count). The van der Waals surface area contributed by atoms with Gasteiger partial charge >= 0.3 is 23.9 Å². The first kappa shape index (κ1) is 35.7. The maximum Gasteiger partial charge on any atom is 0.338 e. The molecule has 0 radical (unpaired) electrons. The third-order valence-corrected chi connectivity index (χ3v) is 9.52. The van der Waals surface area contributed by atoms with Crippen LogP contribution in [0.15, 0.2) is 133 Å². The van der Waals surface area contributed by atoms with E-state index in [-0.39, 0.29) is 27.8 Å². The first-order valence-electron chi connectivity index (χ1n) is 15.5. The minimum atomic E-state index is -4.39. The van der Waals surface area contributed by atoms with Gasteiger partial charge in [-0.1, -0.05) is 84.9 Å². The van der Waals surface area contributed by atoms with Crippen molar-refractivity contribution in [1.29, 1.82) is 0 Å². The minimum Gasteiger partial charge on any atom is -0.459 e. The Morgan fingerprint density at radius 3 is 1.34 bits per heavy atom. The standard InChI is InChI=1S/C38H34O11S/c1-25(2)24-50(43,44)38-33(49-37(42)29-21-13-6-14-22-29)32(48-36(41)28-19-11-5-12-20-28)31(47-35(40)27-17-9-4-10-18-27)30(46-38)23-45-34(39)26-15-7-3-8-16-26/h3-22,30-33,38H,1,23-24H2,2H3. The van der Waals surface area contributed by atoms with E-state index in [1.54, 1.807) is 72.8 Å². The number of esters is 4. The zero-order valence-corrected chi connectivity index (χ0v) is 27.8. The molecular formula is C38H34O11S. The molecule has 12 heteroatoms. The highest BCUT2D eigenvalue weighted by molar-refractivity contribution is 7.92. The molecule has 4 aromatic carbocycles. The molecule has 0 bridgehead atoms. The average Bonchev–Trinajstić information content (AvgIpc) is 3.13. The number of carbonyl (C=O) groups excluding carboxylic acids is 4. The summed E-state index contributed by atoms with van der Waals surface area (Å²) < 4.78 is 57.2. The zero-order valence-electron chi connectivity index (χ0n) is 27.0. The second kappa shape index (κ2) is 16.2. The van der Waals surface area contributed by atoms with Gasteiger partial charge in [0.2, 0.25) is 0 Å². The molecule has 0 aliphatic carbocycles. The second-order valence-corrected chi connectivity index (χ2v) is 13.6. The van der Waals surface area contributed by atoms with Gasteiger partial charge in [-0.3, -0.25) is 0 Å². The Morgan fingerprint density at radius 1 is 0.580 bits per heavy atom. The van der Waals surface area contributed by atoms with Crippen LogP contribution in [-0.4, -0.2) is 74.5 Å². The molecule has 5 unspecified atom stereocenters. The first-order valence-corrected chi connectivity index (χ1v) is 17.3. The molecule has 4 aromatic rings. The highest BCUT2D eigenvalue weighted by Crippen LogP contribution is 2.34. The third kappa shape index (κ3) is 8.90. The predicted octanol–water partition coefficient (Wildman–Crippen LogP) is 5.24. The molecule has 0 N–H and O–H groups in total. The molecule has 50 heavy (non-hydrogen) atoms. The summed E-state index contributed by atoms with van der Waals surface area (Å²) in [5, 5.41) is 0. The van der Waals surface area contributed by atoms with E-state index in [0.717, 1.165) is 0 Å². The Hall–Kier alpha value is -5.59. The lowest BCUT2D eigenvalue weighted by Gasteiger charge is -2.44. The summed E-state index contributed by atoms with van der Waals surface area (Å²) in [7, 11) is -4.39. The van der Waals surface area contributed by atoms with Crippen LogP contribution in [0.1, 0.15) is 48.4 Å². The summed E-state index contributed by atoms with van der Waals surface area (Å²) in [5.41, 5.74) is -1.30. The maximum atomic E-state index is 13.9. The van der Waals surface area contributed by atoms with Crippen molar-refractivity contribution in [3.8, 4) is 0 Å². The third-order valence-electron chi connectivity index (χ3n) is 7.54. The van der Waals surface area contributed by atoms with Crippen LogP contribution < -0.4 is 0 Å². The fraction of sp³-hybridized carbons (Fsp3) is 0.211. The molecule has 1 heterocycles. The number of rotatable bonds is 12. The van der Waals surface area contributed by atoms with Crippen molar-refractivity contribution in [3.05, 3.63) is 156 Å². The summed E-state index contributed by atoms with van der Waals surface area (Å²) in [6.07, 6.45) is -6.82. The van der Waals surface area contributed by atoms with Crippen molar-refractivity contribution in [2.45, 2.75) is 36.8 Å². The quantitative estimate of drug-likeness (QED) is 0.109. The topological polar surface area (TPSA) is 149 Å². The summed E-state index contributed by atoms with van der Waals surface area (Å²) in [6, 6.07) is 31.4. The number of hydrogen-bond donors (Lipinski definition) is 0. The van der Waals surface area contributed by atoms with E-state index in [9.17, 15) is 27.6 Å². The van der Waals surface area contributed by atoms with Gasteiger partial charge in [-0.25, -0.2) is 27.6 Å². The molecule has 5 atom stereocenters. The van der Waals surface area contributed by atoms with Crippen molar-refractivity contribution in [2.75, 3.05) is 12.4 Å². The van der Waals surface area contributed by atoms with Crippen LogP contribution in [0.3, 0.4) is 0 Å². The number of hydrogen-bond acceptors (Lipinski definition) is 11. The predicted molar refractivity (Wildman–Crippen MR) is 181 cm³/mol. The minimum absolute atomic E-state index is 0.0634. The zero-order chi connectivity index (χ0) is 35.7. The van der Waals surface area contributed by atoms with Crippen LogP contribution in [0.4, 0.5) is 0 Å².